The molecule has 1 amide bonds. The molecular formula is C20H25NO5. The third-order valence-electron chi connectivity index (χ3n) is 3.88. The Hall–Kier alpha value is -2.89. The van der Waals surface area contributed by atoms with Crippen molar-refractivity contribution in [2.45, 2.75) is 13.3 Å². The molecular weight excluding hydrogens is 334 g/mol. The zero-order chi connectivity index (χ0) is 18.9. The lowest BCUT2D eigenvalue weighted by Crippen LogP contribution is -2.30. The molecule has 2 aromatic carbocycles. The van der Waals surface area contributed by atoms with E-state index in [1.807, 2.05) is 37.3 Å². The zero-order valence-corrected chi connectivity index (χ0v) is 15.6. The molecule has 0 heterocycles. The molecule has 0 aliphatic rings. The predicted molar refractivity (Wildman–Crippen MR) is 99.5 cm³/mol. The van der Waals surface area contributed by atoms with Crippen molar-refractivity contribution in [2.75, 3.05) is 34.5 Å². The van der Waals surface area contributed by atoms with Crippen LogP contribution in [0.2, 0.25) is 0 Å². The smallest absolute Gasteiger partial charge is 0.257 e. The molecule has 2 rings (SSSR count). The molecule has 0 fully saturated rings. The van der Waals surface area contributed by atoms with E-state index < -0.39 is 0 Å². The second-order valence-corrected chi connectivity index (χ2v) is 5.72. The van der Waals surface area contributed by atoms with Crippen LogP contribution in [0.4, 0.5) is 0 Å². The number of methoxy groups -OCH3 is 3. The lowest BCUT2D eigenvalue weighted by atomic mass is 10.1. The summed E-state index contributed by atoms with van der Waals surface area (Å²) in [5.41, 5.74) is 2.03. The molecule has 0 bridgehead atoms. The van der Waals surface area contributed by atoms with Gasteiger partial charge in [-0.1, -0.05) is 6.07 Å². The maximum absolute atomic E-state index is 12.0. The molecule has 0 unspecified atom stereocenters. The average molecular weight is 359 g/mol. The summed E-state index contributed by atoms with van der Waals surface area (Å²) >= 11 is 0. The topological polar surface area (TPSA) is 66.0 Å². The maximum Gasteiger partial charge on any atom is 0.257 e. The Morgan fingerprint density at radius 1 is 0.923 bits per heavy atom. The fourth-order valence-electron chi connectivity index (χ4n) is 2.50. The molecule has 0 aliphatic carbocycles. The first-order valence-electron chi connectivity index (χ1n) is 8.32. The predicted octanol–water partition coefficient (Wildman–Crippen LogP) is 2.76. The molecule has 6 nitrogen and oxygen atoms in total. The number of carbonyl (C=O) groups excluding carboxylic acids is 1. The fraction of sp³-hybridized carbons (Fsp3) is 0.350. The van der Waals surface area contributed by atoms with Gasteiger partial charge in [0.1, 0.15) is 11.5 Å². The van der Waals surface area contributed by atoms with Crippen LogP contribution in [0.3, 0.4) is 0 Å². The van der Waals surface area contributed by atoms with Crippen molar-refractivity contribution in [1.29, 1.82) is 0 Å². The Morgan fingerprint density at radius 3 is 2.35 bits per heavy atom. The molecule has 0 aliphatic heterocycles. The van der Waals surface area contributed by atoms with Crippen molar-refractivity contribution < 1.29 is 23.7 Å². The van der Waals surface area contributed by atoms with Crippen LogP contribution in [0.5, 0.6) is 23.0 Å². The molecule has 1 N–H and O–H groups in total. The van der Waals surface area contributed by atoms with E-state index in [0.717, 1.165) is 22.6 Å². The van der Waals surface area contributed by atoms with E-state index in [4.69, 9.17) is 18.9 Å². The highest BCUT2D eigenvalue weighted by Crippen LogP contribution is 2.27. The lowest BCUT2D eigenvalue weighted by molar-refractivity contribution is -0.123. The highest BCUT2D eigenvalue weighted by Gasteiger charge is 2.09. The molecule has 26 heavy (non-hydrogen) atoms. The van der Waals surface area contributed by atoms with Gasteiger partial charge in [0.05, 0.1) is 21.3 Å². The van der Waals surface area contributed by atoms with Gasteiger partial charge in [-0.3, -0.25) is 4.79 Å². The van der Waals surface area contributed by atoms with Crippen LogP contribution in [-0.4, -0.2) is 40.4 Å². The zero-order valence-electron chi connectivity index (χ0n) is 15.6. The normalized spacial score (nSPS) is 10.2. The monoisotopic (exact) mass is 359 g/mol. The number of aryl methyl sites for hydroxylation is 1. The summed E-state index contributed by atoms with van der Waals surface area (Å²) in [5.74, 6) is 2.47. The van der Waals surface area contributed by atoms with Gasteiger partial charge in [-0.15, -0.1) is 0 Å². The van der Waals surface area contributed by atoms with Gasteiger partial charge < -0.3 is 24.3 Å². The van der Waals surface area contributed by atoms with Crippen molar-refractivity contribution >= 4 is 5.91 Å². The number of ether oxygens (including phenoxy) is 4. The van der Waals surface area contributed by atoms with E-state index in [1.165, 1.54) is 0 Å². The molecule has 0 saturated carbocycles. The van der Waals surface area contributed by atoms with Gasteiger partial charge in [-0.05, 0) is 54.8 Å². The molecule has 0 spiro atoms. The van der Waals surface area contributed by atoms with Gasteiger partial charge in [-0.2, -0.15) is 0 Å². The quantitative estimate of drug-likeness (QED) is 0.746. The minimum absolute atomic E-state index is 0.0747. The van der Waals surface area contributed by atoms with Gasteiger partial charge in [0.25, 0.3) is 5.91 Å². The highest BCUT2D eigenvalue weighted by molar-refractivity contribution is 5.77. The van der Waals surface area contributed by atoms with Crippen LogP contribution < -0.4 is 24.3 Å². The van der Waals surface area contributed by atoms with Gasteiger partial charge in [0.2, 0.25) is 0 Å². The van der Waals surface area contributed by atoms with Crippen LogP contribution in [0, 0.1) is 6.92 Å². The molecule has 6 heteroatoms. The summed E-state index contributed by atoms with van der Waals surface area (Å²) in [6.45, 7) is 2.36. The number of carbonyl (C=O) groups is 1. The van der Waals surface area contributed by atoms with E-state index in [-0.39, 0.29) is 12.5 Å². The molecule has 0 saturated heterocycles. The number of benzene rings is 2. The summed E-state index contributed by atoms with van der Waals surface area (Å²) < 4.78 is 21.4. The lowest BCUT2D eigenvalue weighted by Gasteiger charge is -2.12. The summed E-state index contributed by atoms with van der Waals surface area (Å²) in [7, 11) is 4.81. The Kier molecular flexibility index (Phi) is 7.14. The van der Waals surface area contributed by atoms with Crippen LogP contribution in [0.1, 0.15) is 11.1 Å². The van der Waals surface area contributed by atoms with Crippen molar-refractivity contribution in [1.82, 2.24) is 5.32 Å². The Labute approximate surface area is 154 Å². The van der Waals surface area contributed by atoms with Crippen molar-refractivity contribution in [3.05, 3.63) is 47.5 Å². The standard InChI is InChI=1S/C20H25NO5/c1-14-5-7-18(19(11-14)25-4)26-13-20(22)21-10-9-15-12-16(23-2)6-8-17(15)24-3/h5-8,11-12H,9-10,13H2,1-4H3,(H,21,22). The van der Waals surface area contributed by atoms with Crippen molar-refractivity contribution in [3.8, 4) is 23.0 Å². The maximum atomic E-state index is 12.0. The second-order valence-electron chi connectivity index (χ2n) is 5.72. The molecule has 2 aromatic rings. The van der Waals surface area contributed by atoms with Gasteiger partial charge in [0, 0.05) is 6.54 Å². The number of amides is 1. The number of nitrogens with one attached hydrogen (secondary N) is 1. The van der Waals surface area contributed by atoms with Gasteiger partial charge in [-0.25, -0.2) is 0 Å². The highest BCUT2D eigenvalue weighted by atomic mass is 16.5. The minimum atomic E-state index is -0.200. The Morgan fingerprint density at radius 2 is 1.65 bits per heavy atom. The summed E-state index contributed by atoms with van der Waals surface area (Å²) in [5, 5.41) is 2.84. The number of hydrogen-bond donors (Lipinski definition) is 1. The van der Waals surface area contributed by atoms with Crippen molar-refractivity contribution in [3.63, 3.8) is 0 Å². The average Bonchev–Trinajstić information content (AvgIpc) is 2.66. The van der Waals surface area contributed by atoms with Crippen LogP contribution in [-0.2, 0) is 11.2 Å². The van der Waals surface area contributed by atoms with E-state index in [9.17, 15) is 4.79 Å². The SMILES string of the molecule is COc1ccc(OC)c(CCNC(=O)COc2ccc(C)cc2OC)c1. The van der Waals surface area contributed by atoms with E-state index in [1.54, 1.807) is 27.4 Å². The number of rotatable bonds is 9. The largest absolute Gasteiger partial charge is 0.497 e. The first-order valence-corrected chi connectivity index (χ1v) is 8.32. The molecule has 0 radical (unpaired) electrons. The van der Waals surface area contributed by atoms with E-state index in [2.05, 4.69) is 5.32 Å². The van der Waals surface area contributed by atoms with Crippen LogP contribution in [0.25, 0.3) is 0 Å². The van der Waals surface area contributed by atoms with Gasteiger partial charge in [0.15, 0.2) is 18.1 Å². The van der Waals surface area contributed by atoms with E-state index >= 15 is 0 Å². The number of hydrogen-bond acceptors (Lipinski definition) is 5. The first-order chi connectivity index (χ1) is 12.6. The first kappa shape index (κ1) is 19.4. The fourth-order valence-corrected chi connectivity index (χ4v) is 2.50. The van der Waals surface area contributed by atoms with Crippen molar-refractivity contribution in [2.24, 2.45) is 0 Å². The third-order valence-corrected chi connectivity index (χ3v) is 3.88. The summed E-state index contributed by atoms with van der Waals surface area (Å²) in [6.07, 6.45) is 0.625. The van der Waals surface area contributed by atoms with Crippen LogP contribution in [0.15, 0.2) is 36.4 Å². The summed E-state index contributed by atoms with van der Waals surface area (Å²) in [4.78, 5) is 12.0. The molecule has 0 aromatic heterocycles. The third kappa shape index (κ3) is 5.31. The molecule has 0 atom stereocenters. The second kappa shape index (κ2) is 9.56. The van der Waals surface area contributed by atoms with E-state index in [0.29, 0.717) is 24.5 Å². The Bertz CT molecular complexity index is 745. The minimum Gasteiger partial charge on any atom is -0.497 e. The van der Waals surface area contributed by atoms with Crippen LogP contribution >= 0.6 is 0 Å². The molecule has 140 valence electrons. The summed E-state index contributed by atoms with van der Waals surface area (Å²) in [6, 6.07) is 11.2. The van der Waals surface area contributed by atoms with Gasteiger partial charge >= 0.3 is 0 Å². The Balaban J connectivity index is 1.84.